The van der Waals surface area contributed by atoms with Gasteiger partial charge in [0, 0.05) is 25.2 Å². The van der Waals surface area contributed by atoms with E-state index in [0.717, 1.165) is 31.0 Å². The van der Waals surface area contributed by atoms with Gasteiger partial charge in [0.15, 0.2) is 0 Å². The van der Waals surface area contributed by atoms with E-state index in [0.29, 0.717) is 0 Å². The average molecular weight is 216 g/mol. The molecule has 0 bridgehead atoms. The van der Waals surface area contributed by atoms with Gasteiger partial charge < -0.3 is 9.88 Å². The number of nitrogens with one attached hydrogen (secondary N) is 1. The van der Waals surface area contributed by atoms with Gasteiger partial charge in [-0.15, -0.1) is 10.2 Å². The Morgan fingerprint density at radius 2 is 2.06 bits per heavy atom. The topological polar surface area (TPSA) is 42.7 Å². The summed E-state index contributed by atoms with van der Waals surface area (Å²) in [5.41, 5.74) is 1.14. The number of benzene rings is 1. The van der Waals surface area contributed by atoms with E-state index in [4.69, 9.17) is 0 Å². The van der Waals surface area contributed by atoms with Crippen molar-refractivity contribution in [1.29, 1.82) is 0 Å². The molecule has 4 nitrogen and oxygen atoms in total. The summed E-state index contributed by atoms with van der Waals surface area (Å²) in [6.45, 7) is 3.90. The summed E-state index contributed by atoms with van der Waals surface area (Å²) in [6.07, 6.45) is 2.67. The molecule has 16 heavy (non-hydrogen) atoms. The number of aromatic nitrogens is 3. The minimum absolute atomic E-state index is 0.878. The van der Waals surface area contributed by atoms with E-state index in [2.05, 4.69) is 39.1 Å². The summed E-state index contributed by atoms with van der Waals surface area (Å²) in [6, 6.07) is 10.2. The Bertz CT molecular complexity index is 422. The number of anilines is 1. The minimum Gasteiger partial charge on any atom is -0.385 e. The third kappa shape index (κ3) is 2.59. The zero-order valence-corrected chi connectivity index (χ0v) is 9.43. The molecule has 1 heterocycles. The second-order valence-corrected chi connectivity index (χ2v) is 3.58. The van der Waals surface area contributed by atoms with Crippen LogP contribution in [-0.4, -0.2) is 21.3 Å². The number of hydrogen-bond donors (Lipinski definition) is 1. The fraction of sp³-hybridized carbons (Fsp3) is 0.333. The zero-order valence-electron chi connectivity index (χ0n) is 9.43. The first kappa shape index (κ1) is 10.7. The highest BCUT2D eigenvalue weighted by molar-refractivity contribution is 5.42. The van der Waals surface area contributed by atoms with Crippen molar-refractivity contribution in [2.24, 2.45) is 0 Å². The second-order valence-electron chi connectivity index (χ2n) is 3.58. The van der Waals surface area contributed by atoms with Gasteiger partial charge in [0.1, 0.15) is 12.2 Å². The number of rotatable bonds is 5. The number of para-hydroxylation sites is 1. The van der Waals surface area contributed by atoms with Gasteiger partial charge in [-0.2, -0.15) is 0 Å². The van der Waals surface area contributed by atoms with E-state index in [-0.39, 0.29) is 0 Å². The lowest BCUT2D eigenvalue weighted by Gasteiger charge is -2.06. The predicted octanol–water partition coefficient (Wildman–Crippen LogP) is 1.95. The van der Waals surface area contributed by atoms with Gasteiger partial charge >= 0.3 is 0 Å². The van der Waals surface area contributed by atoms with Crippen molar-refractivity contribution in [3.8, 4) is 0 Å². The van der Waals surface area contributed by atoms with E-state index in [1.807, 2.05) is 18.2 Å². The molecular weight excluding hydrogens is 200 g/mol. The molecule has 4 heteroatoms. The maximum atomic E-state index is 4.09. The van der Waals surface area contributed by atoms with Crippen LogP contribution in [0.25, 0.3) is 0 Å². The molecular formula is C12H16N4. The first-order chi connectivity index (χ1) is 7.90. The summed E-state index contributed by atoms with van der Waals surface area (Å²) >= 11 is 0. The van der Waals surface area contributed by atoms with Crippen molar-refractivity contribution in [3.05, 3.63) is 42.5 Å². The summed E-state index contributed by atoms with van der Waals surface area (Å²) in [7, 11) is 0. The maximum Gasteiger partial charge on any atom is 0.134 e. The summed E-state index contributed by atoms with van der Waals surface area (Å²) in [5.74, 6) is 1.03. The molecule has 0 spiro atoms. The SMILES string of the molecule is CCn1cnnc1CCNc1ccccc1. The molecule has 0 atom stereocenters. The van der Waals surface area contributed by atoms with Crippen LogP contribution in [0.2, 0.25) is 0 Å². The smallest absolute Gasteiger partial charge is 0.134 e. The van der Waals surface area contributed by atoms with Crippen LogP contribution in [0.4, 0.5) is 5.69 Å². The molecule has 2 rings (SSSR count). The van der Waals surface area contributed by atoms with Gasteiger partial charge in [0.25, 0.3) is 0 Å². The summed E-state index contributed by atoms with van der Waals surface area (Å²) in [4.78, 5) is 0. The monoisotopic (exact) mass is 216 g/mol. The first-order valence-corrected chi connectivity index (χ1v) is 5.55. The van der Waals surface area contributed by atoms with Crippen LogP contribution in [0.5, 0.6) is 0 Å². The Kier molecular flexibility index (Phi) is 3.53. The van der Waals surface area contributed by atoms with Crippen LogP contribution < -0.4 is 5.32 Å². The van der Waals surface area contributed by atoms with Crippen molar-refractivity contribution in [2.75, 3.05) is 11.9 Å². The highest BCUT2D eigenvalue weighted by Crippen LogP contribution is 2.05. The molecule has 2 aromatic rings. The molecule has 0 saturated heterocycles. The van der Waals surface area contributed by atoms with Gasteiger partial charge in [-0.05, 0) is 19.1 Å². The Hall–Kier alpha value is -1.84. The zero-order chi connectivity index (χ0) is 11.2. The molecule has 0 radical (unpaired) electrons. The molecule has 0 aliphatic rings. The van der Waals surface area contributed by atoms with Gasteiger partial charge in [-0.3, -0.25) is 0 Å². The molecule has 0 aliphatic heterocycles. The van der Waals surface area contributed by atoms with Gasteiger partial charge in [0.05, 0.1) is 0 Å². The standard InChI is InChI=1S/C12H16N4/c1-2-16-10-14-15-12(16)8-9-13-11-6-4-3-5-7-11/h3-7,10,13H,2,8-9H2,1H3. The lowest BCUT2D eigenvalue weighted by atomic mass is 10.3. The maximum absolute atomic E-state index is 4.09. The number of hydrogen-bond acceptors (Lipinski definition) is 3. The van der Waals surface area contributed by atoms with Crippen molar-refractivity contribution in [2.45, 2.75) is 19.9 Å². The highest BCUT2D eigenvalue weighted by atomic mass is 15.3. The summed E-state index contributed by atoms with van der Waals surface area (Å²) < 4.78 is 2.06. The quantitative estimate of drug-likeness (QED) is 0.830. The molecule has 84 valence electrons. The van der Waals surface area contributed by atoms with Crippen LogP contribution >= 0.6 is 0 Å². The minimum atomic E-state index is 0.878. The lowest BCUT2D eigenvalue weighted by Crippen LogP contribution is -2.09. The number of nitrogens with zero attached hydrogens (tertiary/aromatic N) is 3. The Morgan fingerprint density at radius 1 is 1.25 bits per heavy atom. The van der Waals surface area contributed by atoms with E-state index < -0.39 is 0 Å². The van der Waals surface area contributed by atoms with E-state index in [9.17, 15) is 0 Å². The third-order valence-corrected chi connectivity index (χ3v) is 2.49. The first-order valence-electron chi connectivity index (χ1n) is 5.55. The van der Waals surface area contributed by atoms with Crippen LogP contribution in [0.15, 0.2) is 36.7 Å². The van der Waals surface area contributed by atoms with Crippen molar-refractivity contribution >= 4 is 5.69 Å². The lowest BCUT2D eigenvalue weighted by molar-refractivity contribution is 0.698. The molecule has 1 aromatic heterocycles. The molecule has 0 saturated carbocycles. The summed E-state index contributed by atoms with van der Waals surface area (Å²) in [5, 5.41) is 11.3. The normalized spacial score (nSPS) is 10.3. The van der Waals surface area contributed by atoms with E-state index >= 15 is 0 Å². The van der Waals surface area contributed by atoms with E-state index in [1.54, 1.807) is 6.33 Å². The van der Waals surface area contributed by atoms with Crippen molar-refractivity contribution < 1.29 is 0 Å². The van der Waals surface area contributed by atoms with Gasteiger partial charge in [-0.1, -0.05) is 18.2 Å². The Balaban J connectivity index is 1.85. The van der Waals surface area contributed by atoms with E-state index in [1.165, 1.54) is 0 Å². The molecule has 1 N–H and O–H groups in total. The average Bonchev–Trinajstić information content (AvgIpc) is 2.78. The number of aryl methyl sites for hydroxylation is 1. The van der Waals surface area contributed by atoms with Crippen LogP contribution in [0, 0.1) is 0 Å². The van der Waals surface area contributed by atoms with Crippen LogP contribution in [0.1, 0.15) is 12.7 Å². The second kappa shape index (κ2) is 5.30. The predicted molar refractivity (Wildman–Crippen MR) is 64.3 cm³/mol. The largest absolute Gasteiger partial charge is 0.385 e. The fourth-order valence-corrected chi connectivity index (χ4v) is 1.61. The van der Waals surface area contributed by atoms with Crippen LogP contribution in [0.3, 0.4) is 0 Å². The third-order valence-electron chi connectivity index (χ3n) is 2.49. The highest BCUT2D eigenvalue weighted by Gasteiger charge is 2.01. The molecule has 1 aromatic carbocycles. The molecule has 0 unspecified atom stereocenters. The molecule has 0 aliphatic carbocycles. The van der Waals surface area contributed by atoms with Gasteiger partial charge in [-0.25, -0.2) is 0 Å². The molecule has 0 amide bonds. The Morgan fingerprint density at radius 3 is 2.81 bits per heavy atom. The Labute approximate surface area is 95.3 Å². The fourth-order valence-electron chi connectivity index (χ4n) is 1.61. The van der Waals surface area contributed by atoms with Crippen molar-refractivity contribution in [1.82, 2.24) is 14.8 Å². The molecule has 0 fully saturated rings. The van der Waals surface area contributed by atoms with Crippen LogP contribution in [-0.2, 0) is 13.0 Å². The van der Waals surface area contributed by atoms with Gasteiger partial charge in [0.2, 0.25) is 0 Å². The van der Waals surface area contributed by atoms with Crippen molar-refractivity contribution in [3.63, 3.8) is 0 Å².